The maximum atomic E-state index is 10.0. The van der Waals surface area contributed by atoms with Gasteiger partial charge in [0.2, 0.25) is 0 Å². The lowest BCUT2D eigenvalue weighted by Gasteiger charge is -2.12. The fraction of sp³-hybridized carbons (Fsp3) is 0.750. The first kappa shape index (κ1) is 11.7. The van der Waals surface area contributed by atoms with Crippen molar-refractivity contribution in [2.75, 3.05) is 6.61 Å². The summed E-state index contributed by atoms with van der Waals surface area (Å²) in [6, 6.07) is 0. The van der Waals surface area contributed by atoms with Crippen molar-refractivity contribution in [2.45, 2.75) is 12.2 Å². The average molecular weight is 201 g/mol. The van der Waals surface area contributed by atoms with Gasteiger partial charge in [-0.25, -0.2) is 4.57 Å². The standard InChI is InChI=1S/C4H9O7P/c5-1-3(6)4(7)2-11-12(8,9)10/h1,3-4,6-7H,2H2,(H2,8,9,10)/t3-,4-/m0/s1/i4+1. The fourth-order valence-electron chi connectivity index (χ4n) is 0.363. The van der Waals surface area contributed by atoms with Crippen LogP contribution in [0, 0.1) is 0 Å². The molecule has 0 spiro atoms. The second-order valence-electron chi connectivity index (χ2n) is 1.98. The molecular formula is C4H9O7P. The minimum atomic E-state index is -4.66. The molecule has 0 amide bonds. The van der Waals surface area contributed by atoms with Crippen LogP contribution in [0.2, 0.25) is 0 Å². The van der Waals surface area contributed by atoms with E-state index >= 15 is 0 Å². The highest BCUT2D eigenvalue weighted by molar-refractivity contribution is 7.46. The van der Waals surface area contributed by atoms with Crippen molar-refractivity contribution >= 4 is 14.1 Å². The molecule has 0 bridgehead atoms. The summed E-state index contributed by atoms with van der Waals surface area (Å²) in [5.74, 6) is 0. The molecule has 0 aromatic heterocycles. The van der Waals surface area contributed by atoms with Crippen LogP contribution < -0.4 is 0 Å². The first-order valence-corrected chi connectivity index (χ1v) is 4.41. The van der Waals surface area contributed by atoms with E-state index in [4.69, 9.17) is 20.0 Å². The van der Waals surface area contributed by atoms with E-state index in [-0.39, 0.29) is 6.29 Å². The third-order valence-corrected chi connectivity index (χ3v) is 1.43. The van der Waals surface area contributed by atoms with Gasteiger partial charge >= 0.3 is 7.82 Å². The minimum Gasteiger partial charge on any atom is -0.388 e. The van der Waals surface area contributed by atoms with Crippen LogP contribution in [-0.4, -0.2) is 45.1 Å². The van der Waals surface area contributed by atoms with Gasteiger partial charge in [0.1, 0.15) is 12.2 Å². The smallest absolute Gasteiger partial charge is 0.388 e. The summed E-state index contributed by atoms with van der Waals surface area (Å²) >= 11 is 0. The Morgan fingerprint density at radius 2 is 1.92 bits per heavy atom. The molecule has 0 unspecified atom stereocenters. The number of aliphatic hydroxyl groups is 2. The molecule has 72 valence electrons. The Hall–Kier alpha value is -0.300. The SMILES string of the molecule is O=C[C@H](O)[13C@@H](O)COP(=O)(O)O. The van der Waals surface area contributed by atoms with E-state index in [0.29, 0.717) is 0 Å². The van der Waals surface area contributed by atoms with Crippen molar-refractivity contribution in [2.24, 2.45) is 0 Å². The van der Waals surface area contributed by atoms with Gasteiger partial charge in [-0.3, -0.25) is 4.52 Å². The number of aldehydes is 1. The van der Waals surface area contributed by atoms with Gasteiger partial charge < -0.3 is 24.8 Å². The predicted molar refractivity (Wildman–Crippen MR) is 36.1 cm³/mol. The molecule has 0 saturated heterocycles. The number of carbonyl (C=O) groups is 1. The Balaban J connectivity index is 3.79. The summed E-state index contributed by atoms with van der Waals surface area (Å²) in [6.45, 7) is -0.801. The Labute approximate surface area is 67.8 Å². The van der Waals surface area contributed by atoms with Crippen LogP contribution in [0.25, 0.3) is 0 Å². The van der Waals surface area contributed by atoms with Gasteiger partial charge in [0.25, 0.3) is 0 Å². The number of hydrogen-bond acceptors (Lipinski definition) is 5. The fourth-order valence-corrected chi connectivity index (χ4v) is 0.710. The van der Waals surface area contributed by atoms with E-state index in [1.165, 1.54) is 0 Å². The molecule has 0 aromatic carbocycles. The second kappa shape index (κ2) is 4.66. The van der Waals surface area contributed by atoms with Gasteiger partial charge in [-0.2, -0.15) is 0 Å². The molecule has 0 aliphatic carbocycles. The molecular weight excluding hydrogens is 192 g/mol. The van der Waals surface area contributed by atoms with Gasteiger partial charge in [0.15, 0.2) is 6.29 Å². The minimum absolute atomic E-state index is 0.0354. The lowest BCUT2D eigenvalue weighted by Crippen LogP contribution is -2.31. The summed E-state index contributed by atoms with van der Waals surface area (Å²) in [6.07, 6.45) is -3.29. The largest absolute Gasteiger partial charge is 0.469 e. The maximum Gasteiger partial charge on any atom is 0.469 e. The highest BCUT2D eigenvalue weighted by Crippen LogP contribution is 2.35. The first-order valence-electron chi connectivity index (χ1n) is 2.88. The van der Waals surface area contributed by atoms with E-state index in [2.05, 4.69) is 4.52 Å². The van der Waals surface area contributed by atoms with Crippen LogP contribution in [-0.2, 0) is 13.9 Å². The Morgan fingerprint density at radius 1 is 1.42 bits per heavy atom. The zero-order chi connectivity index (χ0) is 9.78. The van der Waals surface area contributed by atoms with Crippen molar-refractivity contribution in [3.05, 3.63) is 0 Å². The van der Waals surface area contributed by atoms with Crippen molar-refractivity contribution < 1.29 is 33.9 Å². The van der Waals surface area contributed by atoms with Crippen LogP contribution in [0.5, 0.6) is 0 Å². The summed E-state index contributed by atoms with van der Waals surface area (Å²) in [7, 11) is -4.66. The van der Waals surface area contributed by atoms with Crippen molar-refractivity contribution in [1.82, 2.24) is 0 Å². The van der Waals surface area contributed by atoms with Gasteiger partial charge in [-0.1, -0.05) is 0 Å². The molecule has 2 atom stereocenters. The topological polar surface area (TPSA) is 124 Å². The van der Waals surface area contributed by atoms with Gasteiger partial charge in [0.05, 0.1) is 6.61 Å². The van der Waals surface area contributed by atoms with Crippen molar-refractivity contribution in [3.8, 4) is 0 Å². The molecule has 8 heteroatoms. The number of hydrogen-bond donors (Lipinski definition) is 4. The molecule has 12 heavy (non-hydrogen) atoms. The highest BCUT2D eigenvalue weighted by Gasteiger charge is 2.21. The van der Waals surface area contributed by atoms with Gasteiger partial charge in [-0.05, 0) is 0 Å². The average Bonchev–Trinajstić information content (AvgIpc) is 1.97. The number of carbonyl (C=O) groups excluding carboxylic acids is 1. The second-order valence-corrected chi connectivity index (χ2v) is 3.22. The van der Waals surface area contributed by atoms with Gasteiger partial charge in [0, 0.05) is 0 Å². The number of phosphoric acid groups is 1. The molecule has 0 fully saturated rings. The molecule has 0 aliphatic rings. The van der Waals surface area contributed by atoms with Crippen LogP contribution in [0.4, 0.5) is 0 Å². The third kappa shape index (κ3) is 5.36. The van der Waals surface area contributed by atoms with Crippen molar-refractivity contribution in [1.29, 1.82) is 0 Å². The molecule has 7 nitrogen and oxygen atoms in total. The monoisotopic (exact) mass is 201 g/mol. The Kier molecular flexibility index (Phi) is 4.54. The zero-order valence-electron chi connectivity index (χ0n) is 5.90. The Bertz CT molecular complexity index is 186. The van der Waals surface area contributed by atoms with Gasteiger partial charge in [-0.15, -0.1) is 0 Å². The molecule has 0 radical (unpaired) electrons. The highest BCUT2D eigenvalue weighted by atomic mass is 31.2. The summed E-state index contributed by atoms with van der Waals surface area (Å²) < 4.78 is 13.8. The number of rotatable bonds is 5. The molecule has 0 rings (SSSR count). The zero-order valence-corrected chi connectivity index (χ0v) is 6.79. The lowest BCUT2D eigenvalue weighted by atomic mass is 10.5. The first-order chi connectivity index (χ1) is 5.37. The number of phosphoric ester groups is 1. The van der Waals surface area contributed by atoms with Crippen LogP contribution >= 0.6 is 7.82 Å². The number of aliphatic hydroxyl groups excluding tert-OH is 2. The Morgan fingerprint density at radius 3 is 2.25 bits per heavy atom. The normalized spacial score (nSPS) is 17.0. The van der Waals surface area contributed by atoms with E-state index in [9.17, 15) is 9.36 Å². The maximum absolute atomic E-state index is 10.0. The third-order valence-electron chi connectivity index (χ3n) is 0.947. The lowest BCUT2D eigenvalue weighted by molar-refractivity contribution is -0.121. The van der Waals surface area contributed by atoms with Crippen LogP contribution in [0.15, 0.2) is 0 Å². The van der Waals surface area contributed by atoms with Crippen molar-refractivity contribution in [3.63, 3.8) is 0 Å². The summed E-state index contributed by atoms with van der Waals surface area (Å²) in [5, 5.41) is 17.3. The molecule has 0 heterocycles. The van der Waals surface area contributed by atoms with Crippen LogP contribution in [0.1, 0.15) is 0 Å². The van der Waals surface area contributed by atoms with E-state index in [1.54, 1.807) is 0 Å². The molecule has 0 saturated carbocycles. The molecule has 0 aromatic rings. The summed E-state index contributed by atoms with van der Waals surface area (Å²) in [5.41, 5.74) is 0. The predicted octanol–water partition coefficient (Wildman–Crippen LogP) is -1.98. The van der Waals surface area contributed by atoms with E-state index < -0.39 is 26.6 Å². The summed E-state index contributed by atoms with van der Waals surface area (Å²) in [4.78, 5) is 26.1. The van der Waals surface area contributed by atoms with Crippen LogP contribution in [0.3, 0.4) is 0 Å². The van der Waals surface area contributed by atoms with E-state index in [0.717, 1.165) is 0 Å². The quantitative estimate of drug-likeness (QED) is 0.230. The molecule has 0 aliphatic heterocycles. The molecule has 4 N–H and O–H groups in total. The van der Waals surface area contributed by atoms with E-state index in [1.807, 2.05) is 0 Å².